The van der Waals surface area contributed by atoms with Crippen LogP contribution in [0.2, 0.25) is 0 Å². The van der Waals surface area contributed by atoms with Gasteiger partial charge in [0.15, 0.2) is 28.6 Å². The lowest BCUT2D eigenvalue weighted by Crippen LogP contribution is -2.32. The van der Waals surface area contributed by atoms with E-state index in [9.17, 15) is 4.79 Å². The van der Waals surface area contributed by atoms with Crippen molar-refractivity contribution in [2.75, 3.05) is 24.3 Å². The van der Waals surface area contributed by atoms with Crippen LogP contribution in [0.15, 0.2) is 59.8 Å². The SMILES string of the molecule is CCN(C(=O)CSc1nnc(C(C)Oc2ccccc2OC)n1CC)c1ccccc1. The summed E-state index contributed by atoms with van der Waals surface area (Å²) in [6, 6.07) is 17.2. The fraction of sp³-hybridized carbons (Fsp3) is 0.348. The molecule has 1 unspecified atom stereocenters. The molecule has 0 radical (unpaired) electrons. The summed E-state index contributed by atoms with van der Waals surface area (Å²) in [5, 5.41) is 9.36. The minimum Gasteiger partial charge on any atom is -0.493 e. The fourth-order valence-corrected chi connectivity index (χ4v) is 4.16. The van der Waals surface area contributed by atoms with Crippen LogP contribution in [0.1, 0.15) is 32.7 Å². The third-order valence-electron chi connectivity index (χ3n) is 4.81. The molecule has 0 spiro atoms. The Morgan fingerprint density at radius 3 is 2.39 bits per heavy atom. The second-order valence-electron chi connectivity index (χ2n) is 6.76. The number of hydrogen-bond donors (Lipinski definition) is 0. The minimum absolute atomic E-state index is 0.0317. The van der Waals surface area contributed by atoms with E-state index < -0.39 is 0 Å². The van der Waals surface area contributed by atoms with Crippen molar-refractivity contribution in [2.24, 2.45) is 0 Å². The molecule has 0 N–H and O–H groups in total. The number of rotatable bonds is 10. The standard InChI is InChI=1S/C23H28N4O3S/c1-5-26(18-12-8-7-9-13-18)21(28)16-31-23-25-24-22(27(23)6-2)17(3)30-20-15-11-10-14-19(20)29-4/h7-15,17H,5-6,16H2,1-4H3. The van der Waals surface area contributed by atoms with Gasteiger partial charge in [-0.05, 0) is 45.0 Å². The molecule has 3 aromatic rings. The van der Waals surface area contributed by atoms with Crippen LogP contribution in [0.5, 0.6) is 11.5 Å². The van der Waals surface area contributed by atoms with Crippen LogP contribution in [-0.4, -0.2) is 40.1 Å². The molecule has 164 valence electrons. The van der Waals surface area contributed by atoms with Crippen molar-refractivity contribution in [3.05, 3.63) is 60.4 Å². The number of ether oxygens (including phenoxy) is 2. The lowest BCUT2D eigenvalue weighted by Gasteiger charge is -2.21. The summed E-state index contributed by atoms with van der Waals surface area (Å²) in [5.74, 6) is 2.33. The third kappa shape index (κ3) is 5.38. The molecule has 1 heterocycles. The molecular weight excluding hydrogens is 412 g/mol. The smallest absolute Gasteiger partial charge is 0.237 e. The Balaban J connectivity index is 1.70. The Hall–Kier alpha value is -3.00. The zero-order chi connectivity index (χ0) is 22.2. The highest BCUT2D eigenvalue weighted by molar-refractivity contribution is 7.99. The van der Waals surface area contributed by atoms with Gasteiger partial charge in [0.25, 0.3) is 0 Å². The second kappa shape index (κ2) is 10.9. The Labute approximate surface area is 187 Å². The first-order valence-corrected chi connectivity index (χ1v) is 11.3. The second-order valence-corrected chi connectivity index (χ2v) is 7.70. The number of hydrogen-bond acceptors (Lipinski definition) is 6. The van der Waals surface area contributed by atoms with E-state index in [1.165, 1.54) is 11.8 Å². The van der Waals surface area contributed by atoms with Crippen LogP contribution in [-0.2, 0) is 11.3 Å². The summed E-state index contributed by atoms with van der Waals surface area (Å²) >= 11 is 1.39. The van der Waals surface area contributed by atoms with Gasteiger partial charge in [-0.1, -0.05) is 42.1 Å². The molecule has 0 saturated carbocycles. The summed E-state index contributed by atoms with van der Waals surface area (Å²) in [4.78, 5) is 14.6. The van der Waals surface area contributed by atoms with Crippen molar-refractivity contribution in [1.82, 2.24) is 14.8 Å². The first-order chi connectivity index (χ1) is 15.1. The Morgan fingerprint density at radius 1 is 1.06 bits per heavy atom. The maximum absolute atomic E-state index is 12.8. The Bertz CT molecular complexity index is 993. The molecule has 0 aliphatic rings. The van der Waals surface area contributed by atoms with Crippen LogP contribution in [0.3, 0.4) is 0 Å². The van der Waals surface area contributed by atoms with Crippen molar-refractivity contribution in [2.45, 2.75) is 38.6 Å². The van der Waals surface area contributed by atoms with E-state index in [0.29, 0.717) is 35.6 Å². The van der Waals surface area contributed by atoms with Gasteiger partial charge in [0, 0.05) is 18.8 Å². The van der Waals surface area contributed by atoms with E-state index in [4.69, 9.17) is 9.47 Å². The van der Waals surface area contributed by atoms with E-state index >= 15 is 0 Å². The topological polar surface area (TPSA) is 69.5 Å². The van der Waals surface area contributed by atoms with Crippen molar-refractivity contribution >= 4 is 23.4 Å². The summed E-state index contributed by atoms with van der Waals surface area (Å²) in [6.07, 6.45) is -0.328. The van der Waals surface area contributed by atoms with E-state index in [1.807, 2.05) is 79.9 Å². The van der Waals surface area contributed by atoms with Gasteiger partial charge in [0.1, 0.15) is 0 Å². The predicted molar refractivity (Wildman–Crippen MR) is 123 cm³/mol. The molecule has 0 aliphatic heterocycles. The zero-order valence-corrected chi connectivity index (χ0v) is 19.1. The van der Waals surface area contributed by atoms with Crippen LogP contribution < -0.4 is 14.4 Å². The van der Waals surface area contributed by atoms with Crippen LogP contribution in [0.25, 0.3) is 0 Å². The number of amides is 1. The Morgan fingerprint density at radius 2 is 1.74 bits per heavy atom. The quantitative estimate of drug-likeness (QED) is 0.430. The molecule has 7 nitrogen and oxygen atoms in total. The number of aromatic nitrogens is 3. The normalized spacial score (nSPS) is 11.7. The highest BCUT2D eigenvalue weighted by atomic mass is 32.2. The Kier molecular flexibility index (Phi) is 7.94. The van der Waals surface area contributed by atoms with Crippen molar-refractivity contribution in [3.8, 4) is 11.5 Å². The molecular formula is C23H28N4O3S. The first kappa shape index (κ1) is 22.7. The molecule has 31 heavy (non-hydrogen) atoms. The lowest BCUT2D eigenvalue weighted by molar-refractivity contribution is -0.116. The van der Waals surface area contributed by atoms with Gasteiger partial charge in [-0.25, -0.2) is 0 Å². The van der Waals surface area contributed by atoms with Crippen molar-refractivity contribution in [3.63, 3.8) is 0 Å². The molecule has 3 rings (SSSR count). The van der Waals surface area contributed by atoms with Crippen molar-refractivity contribution in [1.29, 1.82) is 0 Å². The predicted octanol–water partition coefficient (Wildman–Crippen LogP) is 4.59. The number of carbonyl (C=O) groups is 1. The summed E-state index contributed by atoms with van der Waals surface area (Å²) in [6.45, 7) is 7.21. The highest BCUT2D eigenvalue weighted by Gasteiger charge is 2.21. The van der Waals surface area contributed by atoms with Gasteiger partial charge in [-0.2, -0.15) is 0 Å². The van der Waals surface area contributed by atoms with Gasteiger partial charge >= 0.3 is 0 Å². The average Bonchev–Trinajstić information content (AvgIpc) is 3.22. The van der Waals surface area contributed by atoms with Crippen LogP contribution >= 0.6 is 11.8 Å². The average molecular weight is 441 g/mol. The summed E-state index contributed by atoms with van der Waals surface area (Å²) < 4.78 is 13.4. The number of carbonyl (C=O) groups excluding carboxylic acids is 1. The molecule has 0 fully saturated rings. The molecule has 8 heteroatoms. The summed E-state index contributed by atoms with van der Waals surface area (Å²) in [7, 11) is 1.61. The molecule has 2 aromatic carbocycles. The molecule has 0 saturated heterocycles. The number of nitrogens with zero attached hydrogens (tertiary/aromatic N) is 4. The van der Waals surface area contributed by atoms with Crippen LogP contribution in [0.4, 0.5) is 5.69 Å². The number of benzene rings is 2. The maximum Gasteiger partial charge on any atom is 0.237 e. The van der Waals surface area contributed by atoms with E-state index in [2.05, 4.69) is 10.2 Å². The van der Waals surface area contributed by atoms with Gasteiger partial charge in [-0.15, -0.1) is 10.2 Å². The van der Waals surface area contributed by atoms with E-state index in [-0.39, 0.29) is 17.8 Å². The van der Waals surface area contributed by atoms with Gasteiger partial charge < -0.3 is 18.9 Å². The molecule has 1 amide bonds. The van der Waals surface area contributed by atoms with Crippen LogP contribution in [0, 0.1) is 0 Å². The zero-order valence-electron chi connectivity index (χ0n) is 18.3. The number of para-hydroxylation sites is 3. The van der Waals surface area contributed by atoms with Gasteiger partial charge in [-0.3, -0.25) is 4.79 Å². The lowest BCUT2D eigenvalue weighted by atomic mass is 10.3. The third-order valence-corrected chi connectivity index (χ3v) is 5.76. The molecule has 0 bridgehead atoms. The molecule has 1 atom stereocenters. The van der Waals surface area contributed by atoms with E-state index in [1.54, 1.807) is 12.0 Å². The molecule has 0 aliphatic carbocycles. The number of anilines is 1. The molecule has 1 aromatic heterocycles. The fourth-order valence-electron chi connectivity index (χ4n) is 3.28. The minimum atomic E-state index is -0.328. The number of methoxy groups -OCH3 is 1. The highest BCUT2D eigenvalue weighted by Crippen LogP contribution is 2.31. The van der Waals surface area contributed by atoms with Gasteiger partial charge in [0.2, 0.25) is 5.91 Å². The summed E-state index contributed by atoms with van der Waals surface area (Å²) in [5.41, 5.74) is 0.895. The number of thioether (sulfide) groups is 1. The monoisotopic (exact) mass is 440 g/mol. The maximum atomic E-state index is 12.8. The van der Waals surface area contributed by atoms with E-state index in [0.717, 1.165) is 5.69 Å². The largest absolute Gasteiger partial charge is 0.493 e. The first-order valence-electron chi connectivity index (χ1n) is 10.3. The van der Waals surface area contributed by atoms with Gasteiger partial charge in [0.05, 0.1) is 12.9 Å². The van der Waals surface area contributed by atoms with Crippen molar-refractivity contribution < 1.29 is 14.3 Å².